The van der Waals surface area contributed by atoms with Crippen LogP contribution in [0, 0.1) is 24.7 Å². The van der Waals surface area contributed by atoms with Gasteiger partial charge in [0.1, 0.15) is 6.04 Å². The molecule has 2 N–H and O–H groups in total. The van der Waals surface area contributed by atoms with E-state index in [1.165, 1.54) is 12.8 Å². The van der Waals surface area contributed by atoms with Crippen LogP contribution in [0.1, 0.15) is 45.1 Å². The molecule has 0 radical (unpaired) electrons. The number of nitrogens with zero attached hydrogens (tertiary/aromatic N) is 1. The van der Waals surface area contributed by atoms with Gasteiger partial charge in [-0.05, 0) is 56.6 Å². The molecule has 0 aromatic heterocycles. The van der Waals surface area contributed by atoms with Crippen molar-refractivity contribution in [3.8, 4) is 0 Å². The molecule has 1 saturated heterocycles. The van der Waals surface area contributed by atoms with Crippen LogP contribution >= 0.6 is 0 Å². The van der Waals surface area contributed by atoms with Crippen molar-refractivity contribution < 1.29 is 18.0 Å². The molecular weight excluding hydrogens is 402 g/mol. The third-order valence-electron chi connectivity index (χ3n) is 5.91. The van der Waals surface area contributed by atoms with Gasteiger partial charge in [-0.25, -0.2) is 8.42 Å². The molecule has 3 rings (SSSR count). The summed E-state index contributed by atoms with van der Waals surface area (Å²) in [5.41, 5.74) is 0.963. The Labute approximate surface area is 179 Å². The molecule has 1 heterocycles. The summed E-state index contributed by atoms with van der Waals surface area (Å²) in [6.45, 7) is 7.13. The Morgan fingerprint density at radius 2 is 1.80 bits per heavy atom. The second kappa shape index (κ2) is 9.47. The first-order chi connectivity index (χ1) is 14.2. The Bertz CT molecular complexity index is 863. The lowest BCUT2D eigenvalue weighted by Gasteiger charge is -2.35. The maximum absolute atomic E-state index is 13.2. The van der Waals surface area contributed by atoms with Crippen molar-refractivity contribution in [1.82, 2.24) is 14.9 Å². The normalized spacial score (nSPS) is 20.8. The van der Waals surface area contributed by atoms with E-state index in [4.69, 9.17) is 0 Å². The van der Waals surface area contributed by atoms with Gasteiger partial charge in [0.25, 0.3) is 0 Å². The molecule has 2 amide bonds. The van der Waals surface area contributed by atoms with Gasteiger partial charge in [-0.2, -0.15) is 4.72 Å². The van der Waals surface area contributed by atoms with Gasteiger partial charge in [-0.1, -0.05) is 31.5 Å². The van der Waals surface area contributed by atoms with Gasteiger partial charge < -0.3 is 10.2 Å². The van der Waals surface area contributed by atoms with Crippen LogP contribution in [-0.2, 0) is 19.6 Å². The van der Waals surface area contributed by atoms with Crippen LogP contribution in [0.3, 0.4) is 0 Å². The molecule has 1 saturated carbocycles. The second-order valence-electron chi connectivity index (χ2n) is 8.97. The minimum absolute atomic E-state index is 0.000679. The lowest BCUT2D eigenvalue weighted by atomic mass is 9.95. The van der Waals surface area contributed by atoms with Crippen LogP contribution in [0.25, 0.3) is 0 Å². The van der Waals surface area contributed by atoms with Crippen LogP contribution in [0.5, 0.6) is 0 Å². The number of amides is 2. The zero-order valence-corrected chi connectivity index (χ0v) is 18.9. The number of carbonyl (C=O) groups is 2. The highest BCUT2D eigenvalue weighted by molar-refractivity contribution is 7.89. The predicted octanol–water partition coefficient (Wildman–Crippen LogP) is 2.06. The Balaban J connectivity index is 1.66. The van der Waals surface area contributed by atoms with Gasteiger partial charge >= 0.3 is 0 Å². The molecule has 2 atom stereocenters. The summed E-state index contributed by atoms with van der Waals surface area (Å²) in [6.07, 6.45) is 3.84. The number of sulfonamides is 1. The van der Waals surface area contributed by atoms with Crippen molar-refractivity contribution in [1.29, 1.82) is 0 Å². The monoisotopic (exact) mass is 435 g/mol. The van der Waals surface area contributed by atoms with Crippen molar-refractivity contribution in [2.45, 2.75) is 57.4 Å². The van der Waals surface area contributed by atoms with E-state index >= 15 is 0 Å². The number of piperidine rings is 1. The number of hydrogen-bond acceptors (Lipinski definition) is 4. The molecule has 0 spiro atoms. The van der Waals surface area contributed by atoms with Crippen LogP contribution in [0.15, 0.2) is 29.2 Å². The molecule has 8 heteroatoms. The number of nitrogens with one attached hydrogen (secondary N) is 2. The highest BCUT2D eigenvalue weighted by Crippen LogP contribution is 2.28. The molecule has 166 valence electrons. The minimum Gasteiger partial charge on any atom is -0.356 e. The number of aryl methyl sites for hydroxylation is 1. The number of hydrogen-bond donors (Lipinski definition) is 2. The lowest BCUT2D eigenvalue weighted by Crippen LogP contribution is -2.54. The Morgan fingerprint density at radius 3 is 2.40 bits per heavy atom. The quantitative estimate of drug-likeness (QED) is 0.653. The zero-order chi connectivity index (χ0) is 21.9. The smallest absolute Gasteiger partial charge is 0.241 e. The fourth-order valence-corrected chi connectivity index (χ4v) is 5.06. The van der Waals surface area contributed by atoms with Crippen LogP contribution in [0.4, 0.5) is 0 Å². The van der Waals surface area contributed by atoms with E-state index in [1.807, 2.05) is 20.8 Å². The van der Waals surface area contributed by atoms with Crippen molar-refractivity contribution in [2.75, 3.05) is 19.6 Å². The molecule has 0 unspecified atom stereocenters. The Kier molecular flexibility index (Phi) is 7.18. The van der Waals surface area contributed by atoms with E-state index in [1.54, 1.807) is 29.2 Å². The van der Waals surface area contributed by atoms with E-state index in [-0.39, 0.29) is 28.5 Å². The van der Waals surface area contributed by atoms with Gasteiger partial charge in [-0.3, -0.25) is 9.59 Å². The van der Waals surface area contributed by atoms with Gasteiger partial charge in [-0.15, -0.1) is 0 Å². The number of rotatable bonds is 8. The summed E-state index contributed by atoms with van der Waals surface area (Å²) in [7, 11) is -3.82. The molecule has 2 fully saturated rings. The van der Waals surface area contributed by atoms with Crippen molar-refractivity contribution >= 4 is 21.8 Å². The number of likely N-dealkylation sites (tertiary alicyclic amines) is 1. The molecule has 1 aromatic rings. The average molecular weight is 436 g/mol. The maximum Gasteiger partial charge on any atom is 0.241 e. The van der Waals surface area contributed by atoms with Gasteiger partial charge in [0.05, 0.1) is 10.8 Å². The average Bonchev–Trinajstić information content (AvgIpc) is 3.54. The largest absolute Gasteiger partial charge is 0.356 e. The van der Waals surface area contributed by atoms with Gasteiger partial charge in [0, 0.05) is 19.6 Å². The molecule has 1 aliphatic carbocycles. The second-order valence-corrected chi connectivity index (χ2v) is 10.7. The lowest BCUT2D eigenvalue weighted by molar-refractivity contribution is -0.138. The van der Waals surface area contributed by atoms with Gasteiger partial charge in [0.15, 0.2) is 0 Å². The van der Waals surface area contributed by atoms with E-state index in [0.29, 0.717) is 25.6 Å². The van der Waals surface area contributed by atoms with E-state index in [0.717, 1.165) is 18.4 Å². The first-order valence-corrected chi connectivity index (χ1v) is 12.3. The summed E-state index contributed by atoms with van der Waals surface area (Å²) in [5, 5.41) is 3.00. The fourth-order valence-electron chi connectivity index (χ4n) is 3.72. The summed E-state index contributed by atoms with van der Waals surface area (Å²) < 4.78 is 28.3. The maximum atomic E-state index is 13.2. The summed E-state index contributed by atoms with van der Waals surface area (Å²) in [5.74, 6) is -0.109. The van der Waals surface area contributed by atoms with Crippen LogP contribution in [-0.4, -0.2) is 50.8 Å². The van der Waals surface area contributed by atoms with Crippen molar-refractivity contribution in [2.24, 2.45) is 17.8 Å². The minimum atomic E-state index is -3.82. The van der Waals surface area contributed by atoms with Crippen molar-refractivity contribution in [3.63, 3.8) is 0 Å². The molecule has 7 nitrogen and oxygen atoms in total. The zero-order valence-electron chi connectivity index (χ0n) is 18.1. The Hall–Kier alpha value is -1.93. The van der Waals surface area contributed by atoms with E-state index < -0.39 is 16.1 Å². The van der Waals surface area contributed by atoms with E-state index in [9.17, 15) is 18.0 Å². The van der Waals surface area contributed by atoms with Crippen LogP contribution in [0.2, 0.25) is 0 Å². The van der Waals surface area contributed by atoms with Gasteiger partial charge in [0.2, 0.25) is 21.8 Å². The highest BCUT2D eigenvalue weighted by atomic mass is 32.2. The summed E-state index contributed by atoms with van der Waals surface area (Å²) in [4.78, 5) is 27.5. The summed E-state index contributed by atoms with van der Waals surface area (Å²) in [6, 6.07) is 5.68. The summed E-state index contributed by atoms with van der Waals surface area (Å²) >= 11 is 0. The topological polar surface area (TPSA) is 95.6 Å². The SMILES string of the molecule is Cc1ccc(S(=O)(=O)N[C@H](C(=O)N2CCC[C@@H](C(=O)NCC3CC3)C2)C(C)C)cc1. The van der Waals surface area contributed by atoms with Crippen LogP contribution < -0.4 is 10.0 Å². The number of benzene rings is 1. The molecule has 30 heavy (non-hydrogen) atoms. The van der Waals surface area contributed by atoms with E-state index in [2.05, 4.69) is 10.0 Å². The fraction of sp³-hybridized carbons (Fsp3) is 0.636. The highest BCUT2D eigenvalue weighted by Gasteiger charge is 2.35. The molecule has 1 aromatic carbocycles. The Morgan fingerprint density at radius 1 is 1.13 bits per heavy atom. The molecule has 0 bridgehead atoms. The molecule has 2 aliphatic rings. The molecular formula is C22H33N3O4S. The number of carbonyl (C=O) groups excluding carboxylic acids is 2. The first kappa shape index (κ1) is 22.7. The third kappa shape index (κ3) is 5.82. The predicted molar refractivity (Wildman–Crippen MR) is 115 cm³/mol. The standard InChI is InChI=1S/C22H33N3O4S/c1-15(2)20(24-30(28,29)19-10-6-16(3)7-11-19)22(27)25-12-4-5-18(14-25)21(26)23-13-17-8-9-17/h6-7,10-11,15,17-18,20,24H,4-5,8-9,12-14H2,1-3H3,(H,23,26)/t18-,20+/m1/s1. The van der Waals surface area contributed by atoms with Crippen molar-refractivity contribution in [3.05, 3.63) is 29.8 Å². The first-order valence-electron chi connectivity index (χ1n) is 10.8. The molecule has 1 aliphatic heterocycles. The third-order valence-corrected chi connectivity index (χ3v) is 7.37.